The van der Waals surface area contributed by atoms with Gasteiger partial charge in [0.15, 0.2) is 7.98 Å². The Kier molecular flexibility index (Phi) is 6.33. The highest BCUT2D eigenvalue weighted by molar-refractivity contribution is 14.1. The van der Waals surface area contributed by atoms with Crippen molar-refractivity contribution in [3.8, 4) is 5.75 Å². The number of nitrogens with one attached hydrogen (secondary N) is 1. The maximum absolute atomic E-state index is 12.4. The molecule has 1 heterocycles. The van der Waals surface area contributed by atoms with E-state index in [4.69, 9.17) is 23.2 Å². The summed E-state index contributed by atoms with van der Waals surface area (Å²) in [6.07, 6.45) is 0.778. The number of benzene rings is 1. The fourth-order valence-corrected chi connectivity index (χ4v) is 2.73. The minimum absolute atomic E-state index is 0.115. The van der Waals surface area contributed by atoms with E-state index in [-0.39, 0.29) is 12.0 Å². The van der Waals surface area contributed by atoms with Crippen LogP contribution in [0.15, 0.2) is 12.1 Å². The summed E-state index contributed by atoms with van der Waals surface area (Å²) < 4.78 is 11.7. The van der Waals surface area contributed by atoms with Gasteiger partial charge < -0.3 is 25.3 Å². The van der Waals surface area contributed by atoms with E-state index in [1.54, 1.807) is 16.9 Å². The van der Waals surface area contributed by atoms with Crippen LogP contribution < -0.4 is 15.8 Å². The van der Waals surface area contributed by atoms with Crippen molar-refractivity contribution in [2.75, 3.05) is 39.1 Å². The summed E-state index contributed by atoms with van der Waals surface area (Å²) >= 11 is 2.09. The van der Waals surface area contributed by atoms with Crippen molar-refractivity contribution in [1.29, 1.82) is 0 Å². The number of ether oxygens (including phenoxy) is 2. The Morgan fingerprint density at radius 3 is 3.14 bits per heavy atom. The summed E-state index contributed by atoms with van der Waals surface area (Å²) in [4.78, 5) is 14.1. The molecule has 0 spiro atoms. The number of halogens is 1. The van der Waals surface area contributed by atoms with Crippen LogP contribution in [-0.2, 0) is 4.74 Å². The number of nitrogen functional groups attached to an aromatic ring is 1. The number of nitrogens with zero attached hydrogens (tertiary/aromatic N) is 1. The zero-order valence-corrected chi connectivity index (χ0v) is 14.6. The number of nitrogens with two attached hydrogens (primary N) is 1. The van der Waals surface area contributed by atoms with Crippen molar-refractivity contribution in [3.63, 3.8) is 0 Å². The molecule has 0 saturated carbocycles. The van der Waals surface area contributed by atoms with Crippen molar-refractivity contribution in [2.45, 2.75) is 12.5 Å². The summed E-state index contributed by atoms with van der Waals surface area (Å²) in [7, 11) is 7.34. The van der Waals surface area contributed by atoms with Gasteiger partial charge in [0.25, 0.3) is 5.91 Å². The molecule has 1 aromatic carbocycles. The van der Waals surface area contributed by atoms with Gasteiger partial charge in [-0.2, -0.15) is 0 Å². The van der Waals surface area contributed by atoms with Gasteiger partial charge in [-0.15, -0.1) is 0 Å². The predicted molar refractivity (Wildman–Crippen MR) is 94.1 cm³/mol. The molecule has 0 aromatic heterocycles. The van der Waals surface area contributed by atoms with E-state index >= 15 is 0 Å². The third-order valence-electron chi connectivity index (χ3n) is 3.44. The second-order valence-electron chi connectivity index (χ2n) is 5.13. The lowest BCUT2D eigenvalue weighted by Crippen LogP contribution is -2.39. The number of methoxy groups -OCH3 is 1. The second-order valence-corrected chi connectivity index (χ2v) is 6.29. The smallest absolute Gasteiger partial charge is 0.255 e. The average Bonchev–Trinajstić information content (AvgIpc) is 2.71. The maximum Gasteiger partial charge on any atom is 0.255 e. The number of hydrogen-bond donors (Lipinski definition) is 2. The summed E-state index contributed by atoms with van der Waals surface area (Å²) in [6.45, 7) is 2.44. The first-order chi connectivity index (χ1) is 10.5. The quantitative estimate of drug-likeness (QED) is 0.432. The first kappa shape index (κ1) is 17.4. The molecule has 1 atom stereocenters. The van der Waals surface area contributed by atoms with Gasteiger partial charge in [0.1, 0.15) is 5.75 Å². The zero-order valence-electron chi connectivity index (χ0n) is 12.5. The lowest BCUT2D eigenvalue weighted by Gasteiger charge is -2.20. The molecule has 1 fully saturated rings. The standard InChI is InChI=1S/C14H19BIN3O3/c1-21-13-6-12(17)11(16)5-10(13)14(20)18-7-9-8-19(15)3-2-4-22-9/h5-6,9H,2-4,7-8,17H2,1H3,(H,18,20). The maximum atomic E-state index is 12.4. The Morgan fingerprint density at radius 2 is 2.41 bits per heavy atom. The van der Waals surface area contributed by atoms with Crippen molar-refractivity contribution < 1.29 is 14.3 Å². The molecule has 8 heteroatoms. The number of anilines is 1. The van der Waals surface area contributed by atoms with E-state index in [0.717, 1.165) is 16.5 Å². The van der Waals surface area contributed by atoms with E-state index in [1.165, 1.54) is 7.11 Å². The summed E-state index contributed by atoms with van der Waals surface area (Å²) in [5.74, 6) is 0.240. The minimum Gasteiger partial charge on any atom is -0.496 e. The van der Waals surface area contributed by atoms with E-state index in [1.807, 2.05) is 0 Å². The zero-order chi connectivity index (χ0) is 16.1. The molecule has 0 aliphatic carbocycles. The first-order valence-electron chi connectivity index (χ1n) is 7.03. The minimum atomic E-state index is -0.216. The first-order valence-corrected chi connectivity index (χ1v) is 8.11. The van der Waals surface area contributed by atoms with E-state index in [9.17, 15) is 4.79 Å². The molecule has 6 nitrogen and oxygen atoms in total. The Hall–Kier alpha value is -0.995. The summed E-state index contributed by atoms with van der Waals surface area (Å²) in [5.41, 5.74) is 6.87. The van der Waals surface area contributed by atoms with Crippen molar-refractivity contribution >= 4 is 42.2 Å². The van der Waals surface area contributed by atoms with Crippen molar-refractivity contribution in [3.05, 3.63) is 21.3 Å². The number of hydrogen-bond acceptors (Lipinski definition) is 5. The third kappa shape index (κ3) is 4.50. The van der Waals surface area contributed by atoms with Gasteiger partial charge in [0.2, 0.25) is 0 Å². The highest BCUT2D eigenvalue weighted by Gasteiger charge is 2.19. The van der Waals surface area contributed by atoms with Crippen LogP contribution >= 0.6 is 22.6 Å². The molecule has 1 saturated heterocycles. The van der Waals surface area contributed by atoms with E-state index in [2.05, 4.69) is 27.9 Å². The van der Waals surface area contributed by atoms with Gasteiger partial charge in [-0.05, 0) is 41.6 Å². The molecular formula is C14H19BIN3O3. The molecule has 0 bridgehead atoms. The molecular weight excluding hydrogens is 396 g/mol. The topological polar surface area (TPSA) is 76.8 Å². The summed E-state index contributed by atoms with van der Waals surface area (Å²) in [6, 6.07) is 3.37. The third-order valence-corrected chi connectivity index (χ3v) is 4.37. The normalized spacial score (nSPS) is 19.5. The second kappa shape index (κ2) is 8.03. The van der Waals surface area contributed by atoms with Crippen LogP contribution in [0.4, 0.5) is 5.69 Å². The number of amides is 1. The van der Waals surface area contributed by atoms with Crippen LogP contribution in [-0.4, -0.2) is 58.2 Å². The van der Waals surface area contributed by atoms with Gasteiger partial charge in [0.05, 0.1) is 18.8 Å². The van der Waals surface area contributed by atoms with Crippen LogP contribution in [0.5, 0.6) is 5.75 Å². The van der Waals surface area contributed by atoms with Crippen LogP contribution in [0.3, 0.4) is 0 Å². The Labute approximate surface area is 145 Å². The Bertz CT molecular complexity index is 544. The lowest BCUT2D eigenvalue weighted by molar-refractivity contribution is 0.0582. The van der Waals surface area contributed by atoms with Gasteiger partial charge in [-0.3, -0.25) is 4.79 Å². The monoisotopic (exact) mass is 415 g/mol. The van der Waals surface area contributed by atoms with Crippen LogP contribution in [0.1, 0.15) is 16.8 Å². The fraction of sp³-hybridized carbons (Fsp3) is 0.500. The van der Waals surface area contributed by atoms with Crippen molar-refractivity contribution in [1.82, 2.24) is 10.1 Å². The Balaban J connectivity index is 2.01. The van der Waals surface area contributed by atoms with Crippen LogP contribution in [0.2, 0.25) is 0 Å². The number of carbonyl (C=O) groups is 1. The summed E-state index contributed by atoms with van der Waals surface area (Å²) in [5, 5.41) is 2.87. The highest BCUT2D eigenvalue weighted by atomic mass is 127. The lowest BCUT2D eigenvalue weighted by atomic mass is 10.1. The fourth-order valence-electron chi connectivity index (χ4n) is 2.26. The van der Waals surface area contributed by atoms with E-state index < -0.39 is 0 Å². The molecule has 1 aliphatic rings. The van der Waals surface area contributed by atoms with Crippen molar-refractivity contribution in [2.24, 2.45) is 0 Å². The van der Waals surface area contributed by atoms with E-state index in [0.29, 0.717) is 36.7 Å². The molecule has 1 unspecified atom stereocenters. The highest BCUT2D eigenvalue weighted by Crippen LogP contribution is 2.26. The molecule has 2 radical (unpaired) electrons. The molecule has 1 aromatic rings. The van der Waals surface area contributed by atoms with Gasteiger partial charge in [-0.1, -0.05) is 0 Å². The molecule has 3 N–H and O–H groups in total. The molecule has 22 heavy (non-hydrogen) atoms. The largest absolute Gasteiger partial charge is 0.496 e. The molecule has 1 aliphatic heterocycles. The van der Waals surface area contributed by atoms with Gasteiger partial charge in [-0.25, -0.2) is 0 Å². The SMILES string of the molecule is [B]N1CCCOC(CNC(=O)c2cc(I)c(N)cc2OC)C1. The molecule has 118 valence electrons. The molecule has 1 amide bonds. The number of rotatable bonds is 4. The molecule has 2 rings (SSSR count). The van der Waals surface area contributed by atoms with Crippen LogP contribution in [0, 0.1) is 3.57 Å². The van der Waals surface area contributed by atoms with Crippen LogP contribution in [0.25, 0.3) is 0 Å². The van der Waals surface area contributed by atoms with Gasteiger partial charge >= 0.3 is 0 Å². The average molecular weight is 415 g/mol. The Morgan fingerprint density at radius 1 is 1.64 bits per heavy atom. The van der Waals surface area contributed by atoms with Gasteiger partial charge in [0, 0.05) is 35.0 Å². The number of carbonyl (C=O) groups excluding carboxylic acids is 1. The predicted octanol–water partition coefficient (Wildman–Crippen LogP) is 0.786.